The van der Waals surface area contributed by atoms with E-state index in [0.29, 0.717) is 25.7 Å². The highest BCUT2D eigenvalue weighted by Gasteiger charge is 2.48. The predicted octanol–water partition coefficient (Wildman–Crippen LogP) is 6.41. The zero-order valence-electron chi connectivity index (χ0n) is 24.8. The minimum Gasteiger partial charge on any atom is -0.462 e. The molecular formula is C29H54N2O6. The lowest BCUT2D eigenvalue weighted by molar-refractivity contribution is -0.260. The molecule has 216 valence electrons. The Morgan fingerprint density at radius 3 is 0.973 bits per heavy atom. The van der Waals surface area contributed by atoms with Gasteiger partial charge in [-0.2, -0.15) is 10.1 Å². The normalized spacial score (nSPS) is 26.6. The van der Waals surface area contributed by atoms with Crippen LogP contribution in [0.3, 0.4) is 0 Å². The van der Waals surface area contributed by atoms with Crippen LogP contribution in [0.15, 0.2) is 0 Å². The van der Waals surface area contributed by atoms with Crippen LogP contribution in [0.25, 0.3) is 0 Å². The van der Waals surface area contributed by atoms with Gasteiger partial charge in [0, 0.05) is 47.8 Å². The zero-order chi connectivity index (χ0) is 28.1. The number of rotatable bonds is 4. The number of esters is 2. The first-order valence-corrected chi connectivity index (χ1v) is 14.3. The third-order valence-electron chi connectivity index (χ3n) is 8.09. The molecule has 0 aromatic heterocycles. The van der Waals surface area contributed by atoms with E-state index in [9.17, 15) is 20.0 Å². The van der Waals surface area contributed by atoms with Crippen LogP contribution >= 0.6 is 0 Å². The van der Waals surface area contributed by atoms with Crippen LogP contribution in [0, 0.1) is 0 Å². The number of ether oxygens (including phenoxy) is 2. The Bertz CT molecular complexity index is 649. The van der Waals surface area contributed by atoms with Crippen molar-refractivity contribution in [3.8, 4) is 0 Å². The fraction of sp³-hybridized carbons (Fsp3) is 0.931. The van der Waals surface area contributed by atoms with Crippen LogP contribution in [0.5, 0.6) is 0 Å². The van der Waals surface area contributed by atoms with E-state index in [1.807, 2.05) is 55.4 Å². The summed E-state index contributed by atoms with van der Waals surface area (Å²) in [5, 5.41) is 23.3. The Kier molecular flexibility index (Phi) is 11.0. The Labute approximate surface area is 225 Å². The van der Waals surface area contributed by atoms with Crippen LogP contribution in [0.4, 0.5) is 0 Å². The van der Waals surface area contributed by atoms with Gasteiger partial charge in [-0.15, -0.1) is 0 Å². The van der Waals surface area contributed by atoms with Crippen LogP contribution in [0.1, 0.15) is 139 Å². The van der Waals surface area contributed by atoms with E-state index in [-0.39, 0.29) is 12.2 Å². The summed E-state index contributed by atoms with van der Waals surface area (Å²) in [6.07, 6.45) is 12.7. The fourth-order valence-corrected chi connectivity index (χ4v) is 5.60. The minimum absolute atomic E-state index is 0.376. The van der Waals surface area contributed by atoms with Gasteiger partial charge in [-0.3, -0.25) is 9.59 Å². The van der Waals surface area contributed by atoms with Gasteiger partial charge in [0.25, 0.3) is 0 Å². The number of carbonyl (C=O) groups is 2. The van der Waals surface area contributed by atoms with Crippen molar-refractivity contribution >= 4 is 11.9 Å². The molecule has 0 aromatic carbocycles. The lowest BCUT2D eigenvalue weighted by Gasteiger charge is -2.51. The second-order valence-electron chi connectivity index (χ2n) is 13.9. The summed E-state index contributed by atoms with van der Waals surface area (Å²) in [5.41, 5.74) is -2.16. The van der Waals surface area contributed by atoms with Gasteiger partial charge >= 0.3 is 11.9 Å². The first kappa shape index (κ1) is 32.0. The summed E-state index contributed by atoms with van der Waals surface area (Å²) in [5.74, 6) is -1.23. The monoisotopic (exact) mass is 526 g/mol. The molecule has 0 spiro atoms. The fourth-order valence-electron chi connectivity index (χ4n) is 5.60. The molecule has 0 bridgehead atoms. The van der Waals surface area contributed by atoms with Crippen molar-refractivity contribution < 1.29 is 29.5 Å². The molecule has 4 aliphatic rings. The average Bonchev–Trinajstić information content (AvgIpc) is 2.60. The number of carbonyl (C=O) groups excluding carboxylic acids is 2. The van der Waals surface area contributed by atoms with E-state index in [1.165, 1.54) is 61.5 Å². The highest BCUT2D eigenvalue weighted by molar-refractivity contribution is 5.91. The molecule has 2 aliphatic carbocycles. The van der Waals surface area contributed by atoms with Gasteiger partial charge in [0.2, 0.25) is 0 Å². The van der Waals surface area contributed by atoms with Gasteiger partial charge in [-0.1, -0.05) is 51.4 Å². The van der Waals surface area contributed by atoms with Gasteiger partial charge in [-0.25, -0.2) is 0 Å². The maximum Gasteiger partial charge on any atom is 0.317 e. The molecule has 8 nitrogen and oxygen atoms in total. The SMILES string of the molecule is C1CCC1.C1CCC1.CC1(C)CC(OC(=O)CC(=O)OC2CC(C)(C)N(O)C(C)(C)C2)CC(C)(C)N1O. The van der Waals surface area contributed by atoms with Gasteiger partial charge < -0.3 is 19.9 Å². The Morgan fingerprint density at radius 2 is 0.784 bits per heavy atom. The maximum absolute atomic E-state index is 12.3. The summed E-state index contributed by atoms with van der Waals surface area (Å²) >= 11 is 0. The molecular weight excluding hydrogens is 472 g/mol. The Hall–Kier alpha value is -1.22. The second kappa shape index (κ2) is 12.8. The smallest absolute Gasteiger partial charge is 0.317 e. The molecule has 37 heavy (non-hydrogen) atoms. The van der Waals surface area contributed by atoms with E-state index in [2.05, 4.69) is 0 Å². The maximum atomic E-state index is 12.3. The highest BCUT2D eigenvalue weighted by Crippen LogP contribution is 2.39. The van der Waals surface area contributed by atoms with Crippen molar-refractivity contribution in [3.63, 3.8) is 0 Å². The first-order chi connectivity index (χ1) is 17.0. The lowest BCUT2D eigenvalue weighted by Crippen LogP contribution is -2.61. The van der Waals surface area contributed by atoms with Gasteiger partial charge in [-0.05, 0) is 55.4 Å². The number of hydrogen-bond donors (Lipinski definition) is 2. The molecule has 2 N–H and O–H groups in total. The third kappa shape index (κ3) is 9.48. The van der Waals surface area contributed by atoms with Crippen molar-refractivity contribution in [2.24, 2.45) is 0 Å². The number of nitrogens with zero attached hydrogens (tertiary/aromatic N) is 2. The van der Waals surface area contributed by atoms with Gasteiger partial charge in [0.05, 0.1) is 0 Å². The molecule has 0 amide bonds. The molecule has 2 heterocycles. The molecule has 8 heteroatoms. The summed E-state index contributed by atoms with van der Waals surface area (Å²) < 4.78 is 11.1. The first-order valence-electron chi connectivity index (χ1n) is 14.3. The van der Waals surface area contributed by atoms with Crippen molar-refractivity contribution in [1.82, 2.24) is 10.1 Å². The van der Waals surface area contributed by atoms with Crippen molar-refractivity contribution in [3.05, 3.63) is 0 Å². The van der Waals surface area contributed by atoms with E-state index < -0.39 is 40.5 Å². The summed E-state index contributed by atoms with van der Waals surface area (Å²) in [6, 6.07) is 0. The number of hydrogen-bond acceptors (Lipinski definition) is 8. The molecule has 0 radical (unpaired) electrons. The van der Waals surface area contributed by atoms with Gasteiger partial charge in [0.1, 0.15) is 18.6 Å². The molecule has 2 saturated carbocycles. The topological polar surface area (TPSA) is 99.5 Å². The summed E-state index contributed by atoms with van der Waals surface area (Å²) in [4.78, 5) is 24.7. The zero-order valence-corrected chi connectivity index (χ0v) is 24.8. The lowest BCUT2D eigenvalue weighted by atomic mass is 9.80. The standard InChI is InChI=1S/C21H38N2O6.2C4H8/c1-18(2)10-14(11-19(3,4)22(18)26)28-16(24)9-17(25)29-15-12-20(5,6)23(27)21(7,8)13-15;2*1-2-4-3-1/h14-15,26-27H,9-13H2,1-8H3;2*1-4H2. The molecule has 2 aliphatic heterocycles. The molecule has 4 fully saturated rings. The van der Waals surface area contributed by atoms with Gasteiger partial charge in [0.15, 0.2) is 0 Å². The Balaban J connectivity index is 0.000000506. The summed E-state index contributed by atoms with van der Waals surface area (Å²) in [7, 11) is 0. The summed E-state index contributed by atoms with van der Waals surface area (Å²) in [6.45, 7) is 15.1. The largest absolute Gasteiger partial charge is 0.462 e. The molecule has 2 saturated heterocycles. The van der Waals surface area contributed by atoms with Crippen molar-refractivity contribution in [2.75, 3.05) is 0 Å². The molecule has 0 unspecified atom stereocenters. The van der Waals surface area contributed by atoms with E-state index in [4.69, 9.17) is 9.47 Å². The molecule has 4 rings (SSSR count). The van der Waals surface area contributed by atoms with E-state index in [0.717, 1.165) is 0 Å². The third-order valence-corrected chi connectivity index (χ3v) is 8.09. The predicted molar refractivity (Wildman–Crippen MR) is 143 cm³/mol. The van der Waals surface area contributed by atoms with Crippen LogP contribution in [0.2, 0.25) is 0 Å². The number of piperidine rings is 2. The average molecular weight is 527 g/mol. The van der Waals surface area contributed by atoms with E-state index >= 15 is 0 Å². The second-order valence-corrected chi connectivity index (χ2v) is 13.9. The van der Waals surface area contributed by atoms with Crippen LogP contribution in [-0.4, -0.2) is 66.8 Å². The highest BCUT2D eigenvalue weighted by atomic mass is 16.6. The van der Waals surface area contributed by atoms with Crippen LogP contribution < -0.4 is 0 Å². The molecule has 0 aromatic rings. The molecule has 0 atom stereocenters. The van der Waals surface area contributed by atoms with Crippen LogP contribution in [-0.2, 0) is 19.1 Å². The van der Waals surface area contributed by atoms with Crippen molar-refractivity contribution in [2.45, 2.75) is 173 Å². The minimum atomic E-state index is -0.615. The number of hydroxylamine groups is 4. The Morgan fingerprint density at radius 1 is 0.568 bits per heavy atom. The quantitative estimate of drug-likeness (QED) is 0.320. The van der Waals surface area contributed by atoms with Crippen molar-refractivity contribution in [1.29, 1.82) is 0 Å². The van der Waals surface area contributed by atoms with E-state index in [1.54, 1.807) is 0 Å².